The molecule has 0 N–H and O–H groups in total. The molecule has 0 bridgehead atoms. The fraction of sp³-hybridized carbons (Fsp3) is 0.474. The van der Waals surface area contributed by atoms with E-state index < -0.39 is 0 Å². The fourth-order valence-corrected chi connectivity index (χ4v) is 3.54. The summed E-state index contributed by atoms with van der Waals surface area (Å²) in [6.45, 7) is 4.93. The summed E-state index contributed by atoms with van der Waals surface area (Å²) in [5.74, 6) is 1.64. The number of carbonyl (C=O) groups excluding carboxylic acids is 1. The quantitative estimate of drug-likeness (QED) is 0.838. The molecule has 6 nitrogen and oxygen atoms in total. The molecular formula is C19H25N3O3. The van der Waals surface area contributed by atoms with Gasteiger partial charge in [-0.15, -0.1) is 0 Å². The maximum atomic E-state index is 12.9. The van der Waals surface area contributed by atoms with Crippen molar-refractivity contribution in [1.29, 1.82) is 0 Å². The van der Waals surface area contributed by atoms with E-state index in [0.29, 0.717) is 0 Å². The van der Waals surface area contributed by atoms with E-state index in [-0.39, 0.29) is 18.5 Å². The Morgan fingerprint density at radius 1 is 1.24 bits per heavy atom. The molecule has 2 aromatic rings. The highest BCUT2D eigenvalue weighted by molar-refractivity contribution is 5.77. The topological polar surface area (TPSA) is 56.6 Å². The third kappa shape index (κ3) is 3.48. The van der Waals surface area contributed by atoms with E-state index in [9.17, 15) is 4.79 Å². The summed E-state index contributed by atoms with van der Waals surface area (Å²) in [5.41, 5.74) is 2.93. The Hall–Kier alpha value is -2.50. The van der Waals surface area contributed by atoms with E-state index in [1.807, 2.05) is 43.0 Å². The van der Waals surface area contributed by atoms with Crippen molar-refractivity contribution in [2.24, 2.45) is 0 Å². The van der Waals surface area contributed by atoms with Gasteiger partial charge in [0.15, 0.2) is 0 Å². The van der Waals surface area contributed by atoms with Gasteiger partial charge in [-0.3, -0.25) is 9.48 Å². The van der Waals surface area contributed by atoms with Gasteiger partial charge in [0.05, 0.1) is 26.0 Å². The monoisotopic (exact) mass is 343 g/mol. The first-order valence-corrected chi connectivity index (χ1v) is 8.56. The summed E-state index contributed by atoms with van der Waals surface area (Å²) in [5, 5.41) is 4.40. The third-order valence-electron chi connectivity index (χ3n) is 4.76. The fourth-order valence-electron chi connectivity index (χ4n) is 3.54. The van der Waals surface area contributed by atoms with Gasteiger partial charge in [0.2, 0.25) is 5.91 Å². The van der Waals surface area contributed by atoms with Crippen LogP contribution in [0.25, 0.3) is 0 Å². The molecule has 3 rings (SSSR count). The Kier molecular flexibility index (Phi) is 4.97. The lowest BCUT2D eigenvalue weighted by atomic mass is 10.0. The van der Waals surface area contributed by atoms with E-state index in [1.54, 1.807) is 18.9 Å². The lowest BCUT2D eigenvalue weighted by Crippen LogP contribution is -2.34. The number of carbonyl (C=O) groups is 1. The van der Waals surface area contributed by atoms with Gasteiger partial charge in [0.25, 0.3) is 0 Å². The van der Waals surface area contributed by atoms with E-state index in [1.165, 1.54) is 0 Å². The second-order valence-electron chi connectivity index (χ2n) is 6.44. The van der Waals surface area contributed by atoms with Crippen LogP contribution < -0.4 is 9.47 Å². The first-order valence-electron chi connectivity index (χ1n) is 8.56. The molecule has 1 fully saturated rings. The summed E-state index contributed by atoms with van der Waals surface area (Å²) in [6, 6.07) is 7.74. The minimum absolute atomic E-state index is 0.00881. The molecule has 2 heterocycles. The molecule has 0 aliphatic carbocycles. The number of hydrogen-bond acceptors (Lipinski definition) is 4. The zero-order valence-electron chi connectivity index (χ0n) is 15.3. The van der Waals surface area contributed by atoms with Crippen LogP contribution in [0.4, 0.5) is 0 Å². The van der Waals surface area contributed by atoms with Crippen molar-refractivity contribution in [3.63, 3.8) is 0 Å². The minimum Gasteiger partial charge on any atom is -0.497 e. The summed E-state index contributed by atoms with van der Waals surface area (Å²) < 4.78 is 12.6. The van der Waals surface area contributed by atoms with Crippen molar-refractivity contribution >= 4 is 5.91 Å². The van der Waals surface area contributed by atoms with Crippen molar-refractivity contribution in [2.75, 3.05) is 20.8 Å². The standard InChI is InChI=1S/C19H25N3O3/c1-13-10-14(2)22(20-13)12-19(23)21-9-5-6-17(21)16-11-15(24-3)7-8-18(16)25-4/h7-8,10-11,17H,5-6,9,12H2,1-4H3/t17-/m1/s1. The number of amides is 1. The Morgan fingerprint density at radius 2 is 2.04 bits per heavy atom. The smallest absolute Gasteiger partial charge is 0.244 e. The van der Waals surface area contributed by atoms with Gasteiger partial charge in [-0.25, -0.2) is 0 Å². The van der Waals surface area contributed by atoms with Crippen molar-refractivity contribution in [2.45, 2.75) is 39.3 Å². The van der Waals surface area contributed by atoms with Crippen LogP contribution in [0.15, 0.2) is 24.3 Å². The Morgan fingerprint density at radius 3 is 2.68 bits per heavy atom. The number of hydrogen-bond donors (Lipinski definition) is 0. The zero-order chi connectivity index (χ0) is 18.0. The summed E-state index contributed by atoms with van der Waals surface area (Å²) >= 11 is 0. The number of aromatic nitrogens is 2. The first kappa shape index (κ1) is 17.3. The van der Waals surface area contributed by atoms with Gasteiger partial charge >= 0.3 is 0 Å². The van der Waals surface area contributed by atoms with Gasteiger partial charge in [-0.2, -0.15) is 5.10 Å². The largest absolute Gasteiger partial charge is 0.497 e. The van der Waals surface area contributed by atoms with E-state index in [0.717, 1.165) is 47.8 Å². The normalized spacial score (nSPS) is 17.0. The number of aryl methyl sites for hydroxylation is 2. The average Bonchev–Trinajstić information content (AvgIpc) is 3.21. The predicted octanol–water partition coefficient (Wildman–Crippen LogP) is 2.88. The summed E-state index contributed by atoms with van der Waals surface area (Å²) in [4.78, 5) is 14.8. The van der Waals surface area contributed by atoms with Crippen LogP contribution in [-0.4, -0.2) is 41.4 Å². The van der Waals surface area contributed by atoms with Crippen LogP contribution in [0, 0.1) is 13.8 Å². The molecule has 1 aliphatic rings. The van der Waals surface area contributed by atoms with E-state index >= 15 is 0 Å². The molecule has 0 saturated carbocycles. The van der Waals surface area contributed by atoms with Crippen LogP contribution in [-0.2, 0) is 11.3 Å². The second kappa shape index (κ2) is 7.17. The van der Waals surface area contributed by atoms with Crippen LogP contribution >= 0.6 is 0 Å². The van der Waals surface area contributed by atoms with Crippen molar-refractivity contribution < 1.29 is 14.3 Å². The molecule has 1 saturated heterocycles. The first-order chi connectivity index (χ1) is 12.0. The summed E-state index contributed by atoms with van der Waals surface area (Å²) in [7, 11) is 3.30. The van der Waals surface area contributed by atoms with Crippen molar-refractivity contribution in [3.05, 3.63) is 41.2 Å². The van der Waals surface area contributed by atoms with E-state index in [4.69, 9.17) is 9.47 Å². The number of ether oxygens (including phenoxy) is 2. The molecule has 1 aromatic heterocycles. The molecule has 1 aliphatic heterocycles. The van der Waals surface area contributed by atoms with Gasteiger partial charge in [0.1, 0.15) is 18.0 Å². The SMILES string of the molecule is COc1ccc(OC)c([C@H]2CCCN2C(=O)Cn2nc(C)cc2C)c1. The Balaban J connectivity index is 1.85. The van der Waals surface area contributed by atoms with Crippen LogP contribution in [0.1, 0.15) is 35.8 Å². The highest BCUT2D eigenvalue weighted by Crippen LogP contribution is 2.39. The molecule has 0 spiro atoms. The number of nitrogens with zero attached hydrogens (tertiary/aromatic N) is 3. The highest BCUT2D eigenvalue weighted by Gasteiger charge is 2.32. The Bertz CT molecular complexity index is 769. The molecule has 1 atom stereocenters. The van der Waals surface area contributed by atoms with E-state index in [2.05, 4.69) is 5.10 Å². The molecule has 1 aromatic carbocycles. The molecular weight excluding hydrogens is 318 g/mol. The lowest BCUT2D eigenvalue weighted by Gasteiger charge is -2.27. The lowest BCUT2D eigenvalue weighted by molar-refractivity contribution is -0.133. The van der Waals surface area contributed by atoms with Crippen LogP contribution in [0.3, 0.4) is 0 Å². The van der Waals surface area contributed by atoms with Crippen molar-refractivity contribution in [1.82, 2.24) is 14.7 Å². The van der Waals surface area contributed by atoms with Gasteiger partial charge < -0.3 is 14.4 Å². The van der Waals surface area contributed by atoms with Gasteiger partial charge in [-0.05, 0) is 51.0 Å². The third-order valence-corrected chi connectivity index (χ3v) is 4.76. The van der Waals surface area contributed by atoms with Crippen LogP contribution in [0.5, 0.6) is 11.5 Å². The predicted molar refractivity (Wildman–Crippen MR) is 94.9 cm³/mol. The minimum atomic E-state index is 0.00881. The zero-order valence-corrected chi connectivity index (χ0v) is 15.3. The van der Waals surface area contributed by atoms with Crippen molar-refractivity contribution in [3.8, 4) is 11.5 Å². The maximum absolute atomic E-state index is 12.9. The average molecular weight is 343 g/mol. The van der Waals surface area contributed by atoms with Gasteiger partial charge in [0, 0.05) is 17.8 Å². The second-order valence-corrected chi connectivity index (χ2v) is 6.44. The molecule has 0 unspecified atom stereocenters. The highest BCUT2D eigenvalue weighted by atomic mass is 16.5. The number of likely N-dealkylation sites (tertiary alicyclic amines) is 1. The number of benzene rings is 1. The molecule has 0 radical (unpaired) electrons. The number of methoxy groups -OCH3 is 2. The maximum Gasteiger partial charge on any atom is 0.244 e. The molecule has 134 valence electrons. The Labute approximate surface area is 148 Å². The number of rotatable bonds is 5. The van der Waals surface area contributed by atoms with Gasteiger partial charge in [-0.1, -0.05) is 0 Å². The molecule has 1 amide bonds. The summed E-state index contributed by atoms with van der Waals surface area (Å²) in [6.07, 6.45) is 1.90. The molecule has 6 heteroatoms. The van der Waals surface area contributed by atoms with Crippen LogP contribution in [0.2, 0.25) is 0 Å². The molecule has 25 heavy (non-hydrogen) atoms.